The molecule has 6 heteroatoms. The monoisotopic (exact) mass is 423 g/mol. The van der Waals surface area contributed by atoms with Crippen LogP contribution in [0.4, 0.5) is 0 Å². The molecule has 0 unspecified atom stereocenters. The highest BCUT2D eigenvalue weighted by atomic mass is 16.5. The average molecular weight is 423 g/mol. The van der Waals surface area contributed by atoms with E-state index >= 15 is 0 Å². The van der Waals surface area contributed by atoms with E-state index in [2.05, 4.69) is 10.5 Å². The molecule has 0 aliphatic heterocycles. The molecule has 0 radical (unpaired) electrons. The number of ether oxygens (including phenoxy) is 1. The lowest BCUT2D eigenvalue weighted by atomic mass is 10.0. The summed E-state index contributed by atoms with van der Waals surface area (Å²) in [6.45, 7) is 3.14. The fraction of sp³-hybridized carbons (Fsp3) is 0.0769. The number of carbonyl (C=O) groups is 2. The van der Waals surface area contributed by atoms with Crippen molar-refractivity contribution in [1.82, 2.24) is 10.4 Å². The van der Waals surface area contributed by atoms with Gasteiger partial charge in [-0.2, -0.15) is 5.10 Å². The minimum absolute atomic E-state index is 0.323. The summed E-state index contributed by atoms with van der Waals surface area (Å²) in [6, 6.07) is 26.0. The largest absolute Gasteiger partial charge is 0.427 e. The molecule has 0 aliphatic carbocycles. The van der Waals surface area contributed by atoms with Gasteiger partial charge in [-0.05, 0) is 48.9 Å². The molecule has 1 amide bonds. The molecule has 0 saturated carbocycles. The zero-order valence-corrected chi connectivity index (χ0v) is 17.7. The van der Waals surface area contributed by atoms with Gasteiger partial charge in [-0.3, -0.25) is 9.59 Å². The highest BCUT2D eigenvalue weighted by Crippen LogP contribution is 2.24. The standard InChI is InChI=1S/C26H21N3O3/c1-17(19-12-14-21(15-13-19)32-18(2)30)28-29-26(31)23-16-25(20-8-4-3-5-9-20)27-24-11-7-6-10-22(23)24/h3-16H,1-2H3,(H,29,31)/b28-17-. The predicted molar refractivity (Wildman–Crippen MR) is 125 cm³/mol. The van der Waals surface area contributed by atoms with E-state index in [4.69, 9.17) is 9.72 Å². The summed E-state index contributed by atoms with van der Waals surface area (Å²) in [5.74, 6) is -0.249. The first-order valence-electron chi connectivity index (χ1n) is 10.1. The maximum atomic E-state index is 13.0. The van der Waals surface area contributed by atoms with Crippen molar-refractivity contribution >= 4 is 28.5 Å². The van der Waals surface area contributed by atoms with E-state index < -0.39 is 0 Å². The SMILES string of the molecule is CC(=O)Oc1ccc(/C(C)=N\NC(=O)c2cc(-c3ccccc3)nc3ccccc23)cc1. The number of nitrogens with one attached hydrogen (secondary N) is 1. The van der Waals surface area contributed by atoms with E-state index in [1.807, 2.05) is 54.6 Å². The van der Waals surface area contributed by atoms with E-state index in [1.54, 1.807) is 37.3 Å². The third-order valence-corrected chi connectivity index (χ3v) is 4.89. The number of rotatable bonds is 5. The highest BCUT2D eigenvalue weighted by Gasteiger charge is 2.14. The summed E-state index contributed by atoms with van der Waals surface area (Å²) in [7, 11) is 0. The summed E-state index contributed by atoms with van der Waals surface area (Å²) in [5, 5.41) is 5.01. The first-order valence-corrected chi connectivity index (χ1v) is 10.1. The van der Waals surface area contributed by atoms with Crippen molar-refractivity contribution in [2.45, 2.75) is 13.8 Å². The van der Waals surface area contributed by atoms with Crippen molar-refractivity contribution in [3.8, 4) is 17.0 Å². The minimum Gasteiger partial charge on any atom is -0.427 e. The molecular formula is C26H21N3O3. The number of fused-ring (bicyclic) bond motifs is 1. The molecule has 4 rings (SSSR count). The lowest BCUT2D eigenvalue weighted by Gasteiger charge is -2.09. The summed E-state index contributed by atoms with van der Waals surface area (Å²) in [6.07, 6.45) is 0. The Morgan fingerprint density at radius 3 is 2.28 bits per heavy atom. The van der Waals surface area contributed by atoms with Gasteiger partial charge in [0.25, 0.3) is 5.91 Å². The van der Waals surface area contributed by atoms with Gasteiger partial charge in [-0.1, -0.05) is 48.5 Å². The van der Waals surface area contributed by atoms with Crippen LogP contribution in [0.1, 0.15) is 29.8 Å². The molecule has 0 atom stereocenters. The number of hydrogen-bond donors (Lipinski definition) is 1. The van der Waals surface area contributed by atoms with Crippen LogP contribution in [0, 0.1) is 0 Å². The Hall–Kier alpha value is -4.32. The number of carbonyl (C=O) groups excluding carboxylic acids is 2. The Balaban J connectivity index is 1.61. The average Bonchev–Trinajstić information content (AvgIpc) is 2.82. The van der Waals surface area contributed by atoms with Gasteiger partial charge in [0.2, 0.25) is 0 Å². The molecule has 0 fully saturated rings. The molecule has 1 heterocycles. The summed E-state index contributed by atoms with van der Waals surface area (Å²) in [4.78, 5) is 28.8. The van der Waals surface area contributed by atoms with Crippen LogP contribution in [0.3, 0.4) is 0 Å². The van der Waals surface area contributed by atoms with Crippen LogP contribution in [0.2, 0.25) is 0 Å². The Morgan fingerprint density at radius 2 is 1.56 bits per heavy atom. The second-order valence-corrected chi connectivity index (χ2v) is 7.19. The highest BCUT2D eigenvalue weighted by molar-refractivity contribution is 6.08. The van der Waals surface area contributed by atoms with Crippen LogP contribution >= 0.6 is 0 Å². The molecule has 4 aromatic rings. The van der Waals surface area contributed by atoms with Gasteiger partial charge in [0.05, 0.1) is 22.5 Å². The van der Waals surface area contributed by atoms with Gasteiger partial charge in [-0.15, -0.1) is 0 Å². The number of amides is 1. The van der Waals surface area contributed by atoms with Crippen LogP contribution in [-0.2, 0) is 4.79 Å². The second-order valence-electron chi connectivity index (χ2n) is 7.19. The number of aromatic nitrogens is 1. The molecule has 158 valence electrons. The molecule has 0 saturated heterocycles. The molecule has 32 heavy (non-hydrogen) atoms. The maximum Gasteiger partial charge on any atom is 0.308 e. The van der Waals surface area contributed by atoms with E-state index in [0.29, 0.717) is 17.0 Å². The molecule has 6 nitrogen and oxygen atoms in total. The second kappa shape index (κ2) is 9.22. The van der Waals surface area contributed by atoms with Gasteiger partial charge in [0, 0.05) is 17.9 Å². The van der Waals surface area contributed by atoms with Crippen molar-refractivity contribution in [3.05, 3.63) is 96.1 Å². The molecular weight excluding hydrogens is 402 g/mol. The lowest BCUT2D eigenvalue weighted by Crippen LogP contribution is -2.20. The van der Waals surface area contributed by atoms with Crippen molar-refractivity contribution in [3.63, 3.8) is 0 Å². The minimum atomic E-state index is -0.380. The first-order chi connectivity index (χ1) is 15.5. The van der Waals surface area contributed by atoms with Crippen LogP contribution < -0.4 is 10.2 Å². The van der Waals surface area contributed by atoms with Crippen LogP contribution in [0.5, 0.6) is 5.75 Å². The van der Waals surface area contributed by atoms with Crippen molar-refractivity contribution in [1.29, 1.82) is 0 Å². The van der Waals surface area contributed by atoms with Gasteiger partial charge < -0.3 is 4.74 Å². The van der Waals surface area contributed by atoms with Crippen molar-refractivity contribution in [2.75, 3.05) is 0 Å². The Morgan fingerprint density at radius 1 is 0.875 bits per heavy atom. The smallest absolute Gasteiger partial charge is 0.308 e. The topological polar surface area (TPSA) is 80.6 Å². The summed E-state index contributed by atoms with van der Waals surface area (Å²) < 4.78 is 5.04. The van der Waals surface area contributed by atoms with Crippen LogP contribution in [0.25, 0.3) is 22.2 Å². The fourth-order valence-corrected chi connectivity index (χ4v) is 3.31. The predicted octanol–water partition coefficient (Wildman–Crippen LogP) is 4.98. The number of esters is 1. The number of pyridine rings is 1. The number of hydrazone groups is 1. The quantitative estimate of drug-likeness (QED) is 0.212. The summed E-state index contributed by atoms with van der Waals surface area (Å²) in [5.41, 5.74) is 6.95. The molecule has 0 spiro atoms. The zero-order chi connectivity index (χ0) is 22.5. The number of benzene rings is 3. The van der Waals surface area contributed by atoms with E-state index in [1.165, 1.54) is 6.92 Å². The maximum absolute atomic E-state index is 13.0. The third-order valence-electron chi connectivity index (χ3n) is 4.89. The lowest BCUT2D eigenvalue weighted by molar-refractivity contribution is -0.131. The van der Waals surface area contributed by atoms with Gasteiger partial charge >= 0.3 is 5.97 Å². The molecule has 1 aromatic heterocycles. The van der Waals surface area contributed by atoms with Gasteiger partial charge in [0.15, 0.2) is 0 Å². The van der Waals surface area contributed by atoms with E-state index in [0.717, 1.165) is 27.7 Å². The fourth-order valence-electron chi connectivity index (χ4n) is 3.31. The first kappa shape index (κ1) is 20.9. The summed E-state index contributed by atoms with van der Waals surface area (Å²) >= 11 is 0. The third kappa shape index (κ3) is 4.70. The molecule has 0 aliphatic rings. The van der Waals surface area contributed by atoms with Gasteiger partial charge in [-0.25, -0.2) is 10.4 Å². The van der Waals surface area contributed by atoms with E-state index in [-0.39, 0.29) is 11.9 Å². The van der Waals surface area contributed by atoms with Crippen molar-refractivity contribution in [2.24, 2.45) is 5.10 Å². The molecule has 3 aromatic carbocycles. The molecule has 1 N–H and O–H groups in total. The Bertz CT molecular complexity index is 1310. The Kier molecular flexibility index (Phi) is 6.03. The van der Waals surface area contributed by atoms with E-state index in [9.17, 15) is 9.59 Å². The number of para-hydroxylation sites is 1. The van der Waals surface area contributed by atoms with Crippen LogP contribution in [-0.4, -0.2) is 22.6 Å². The number of nitrogens with zero attached hydrogens (tertiary/aromatic N) is 2. The van der Waals surface area contributed by atoms with Crippen molar-refractivity contribution < 1.29 is 14.3 Å². The Labute approximate surface area is 185 Å². The normalized spacial score (nSPS) is 11.2. The van der Waals surface area contributed by atoms with Crippen LogP contribution in [0.15, 0.2) is 90.0 Å². The number of hydrogen-bond acceptors (Lipinski definition) is 5. The van der Waals surface area contributed by atoms with Gasteiger partial charge in [0.1, 0.15) is 5.75 Å². The molecule has 0 bridgehead atoms. The zero-order valence-electron chi connectivity index (χ0n) is 17.7.